The molecule has 10 aromatic rings. The lowest BCUT2D eigenvalue weighted by atomic mass is 9.31. The zero-order chi connectivity index (χ0) is 38.0. The molecule has 0 unspecified atom stereocenters. The number of rotatable bonds is 0. The van der Waals surface area contributed by atoms with Crippen molar-refractivity contribution in [3.63, 3.8) is 0 Å². The van der Waals surface area contributed by atoms with Gasteiger partial charge in [-0.25, -0.2) is 0 Å². The van der Waals surface area contributed by atoms with E-state index < -0.39 is 0 Å². The van der Waals surface area contributed by atoms with Crippen LogP contribution in [0.2, 0.25) is 0 Å². The van der Waals surface area contributed by atoms with E-state index in [1.54, 1.807) is 0 Å². The third-order valence-corrected chi connectivity index (χ3v) is 15.9. The number of benzene rings is 7. The Kier molecular flexibility index (Phi) is 5.62. The first-order valence-corrected chi connectivity index (χ1v) is 21.8. The second kappa shape index (κ2) is 10.1. The van der Waals surface area contributed by atoms with Gasteiger partial charge in [-0.3, -0.25) is 0 Å². The molecule has 270 valence electrons. The highest BCUT2D eigenvalue weighted by Crippen LogP contribution is 2.49. The molecule has 0 aliphatic carbocycles. The number of aromatic nitrogens is 1. The molecule has 7 heterocycles. The number of fused-ring (bicyclic) bond motifs is 15. The summed E-state index contributed by atoms with van der Waals surface area (Å²) in [5.41, 5.74) is 18.9. The average molecular weight is 768 g/mol. The standard InChI is InChI=1S/C50H35B2NO2S2/c1-49(2,3)24-15-17-36-30(19-24)51-32-21-28-26-11-7-9-13-34(26)54-47(28)40-41-45-33(22-29-27-12-8-10-14-35(27)55-48(29)41)52-31-20-25(50(4,5)6)16-18-37(31)57-39-23-38(56-36)42(51)46(43(39)52)53(45)44(32)40/h7-23H,1-6H3. The number of hydrogen-bond acceptors (Lipinski definition) is 4. The summed E-state index contributed by atoms with van der Waals surface area (Å²) in [5.74, 6) is 0. The number of furan rings is 2. The van der Waals surface area contributed by atoms with Gasteiger partial charge >= 0.3 is 0 Å². The van der Waals surface area contributed by atoms with Crippen molar-refractivity contribution in [1.29, 1.82) is 0 Å². The smallest absolute Gasteiger partial charge is 0.249 e. The Hall–Kier alpha value is -5.23. The lowest BCUT2D eigenvalue weighted by Crippen LogP contribution is -2.66. The van der Waals surface area contributed by atoms with Crippen LogP contribution < -0.4 is 32.8 Å². The molecule has 0 atom stereocenters. The third-order valence-electron chi connectivity index (χ3n) is 13.6. The van der Waals surface area contributed by atoms with E-state index in [0.717, 1.165) is 33.1 Å². The van der Waals surface area contributed by atoms with E-state index in [2.05, 4.69) is 149 Å². The fourth-order valence-corrected chi connectivity index (χ4v) is 13.4. The van der Waals surface area contributed by atoms with Gasteiger partial charge in [0.15, 0.2) is 0 Å². The van der Waals surface area contributed by atoms with Gasteiger partial charge in [-0.05, 0) is 74.1 Å². The monoisotopic (exact) mass is 767 g/mol. The van der Waals surface area contributed by atoms with Gasteiger partial charge in [0.1, 0.15) is 22.3 Å². The molecule has 57 heavy (non-hydrogen) atoms. The van der Waals surface area contributed by atoms with Gasteiger partial charge in [-0.2, -0.15) is 0 Å². The van der Waals surface area contributed by atoms with Crippen LogP contribution in [0.1, 0.15) is 52.7 Å². The summed E-state index contributed by atoms with van der Waals surface area (Å²) in [6.07, 6.45) is 0. The van der Waals surface area contributed by atoms with Crippen molar-refractivity contribution >= 4 is 135 Å². The molecule has 7 heteroatoms. The highest BCUT2D eigenvalue weighted by Gasteiger charge is 2.49. The van der Waals surface area contributed by atoms with Gasteiger partial charge in [0.25, 0.3) is 0 Å². The van der Waals surface area contributed by atoms with Crippen molar-refractivity contribution < 1.29 is 8.83 Å². The highest BCUT2D eigenvalue weighted by molar-refractivity contribution is 8.01. The molecule has 0 saturated heterocycles. The van der Waals surface area contributed by atoms with Crippen LogP contribution in [0, 0.1) is 0 Å². The topological polar surface area (TPSA) is 31.2 Å². The van der Waals surface area contributed by atoms with Crippen LogP contribution in [0.15, 0.2) is 132 Å². The Labute approximate surface area is 338 Å². The molecule has 3 aromatic heterocycles. The van der Waals surface area contributed by atoms with Gasteiger partial charge in [0.05, 0.1) is 21.8 Å². The zero-order valence-electron chi connectivity index (χ0n) is 32.5. The van der Waals surface area contributed by atoms with E-state index in [1.165, 1.54) is 102 Å². The maximum atomic E-state index is 7.05. The van der Waals surface area contributed by atoms with Gasteiger partial charge in [-0.15, -0.1) is 0 Å². The minimum atomic E-state index is 0.0195. The highest BCUT2D eigenvalue weighted by atomic mass is 32.2. The van der Waals surface area contributed by atoms with Crippen molar-refractivity contribution in [3.8, 4) is 5.69 Å². The van der Waals surface area contributed by atoms with E-state index in [0.29, 0.717) is 0 Å². The second-order valence-electron chi connectivity index (χ2n) is 18.8. The molecule has 0 N–H and O–H groups in total. The first-order chi connectivity index (χ1) is 27.5. The quantitative estimate of drug-likeness (QED) is 0.144. The first kappa shape index (κ1) is 31.8. The van der Waals surface area contributed by atoms with Crippen LogP contribution >= 0.6 is 23.5 Å². The predicted octanol–water partition coefficient (Wildman–Crippen LogP) is 9.77. The normalized spacial score (nSPS) is 15.0. The van der Waals surface area contributed by atoms with Crippen LogP contribution in [0.25, 0.3) is 71.4 Å². The Bertz CT molecular complexity index is 3340. The Morgan fingerprint density at radius 3 is 1.39 bits per heavy atom. The number of hydrogen-bond donors (Lipinski definition) is 0. The lowest BCUT2D eigenvalue weighted by molar-refractivity contribution is 0.590. The molecule has 0 spiro atoms. The summed E-state index contributed by atoms with van der Waals surface area (Å²) >= 11 is 3.92. The Balaban J connectivity index is 1.27. The molecule has 7 aromatic carbocycles. The van der Waals surface area contributed by atoms with Crippen LogP contribution in [0.5, 0.6) is 0 Å². The molecule has 4 aliphatic rings. The van der Waals surface area contributed by atoms with Crippen LogP contribution in [-0.2, 0) is 10.8 Å². The van der Waals surface area contributed by atoms with Gasteiger partial charge in [0.2, 0.25) is 13.4 Å². The van der Waals surface area contributed by atoms with Crippen LogP contribution in [-0.4, -0.2) is 18.0 Å². The molecule has 0 bridgehead atoms. The van der Waals surface area contributed by atoms with Crippen molar-refractivity contribution in [2.75, 3.05) is 0 Å². The summed E-state index contributed by atoms with van der Waals surface area (Å²) in [5, 5.41) is 7.00. The maximum Gasteiger partial charge on any atom is 0.249 e. The summed E-state index contributed by atoms with van der Waals surface area (Å²) < 4.78 is 16.8. The molecule has 4 aliphatic heterocycles. The zero-order valence-corrected chi connectivity index (χ0v) is 34.2. The minimum absolute atomic E-state index is 0.0195. The van der Waals surface area contributed by atoms with Crippen LogP contribution in [0.4, 0.5) is 0 Å². The van der Waals surface area contributed by atoms with E-state index in [4.69, 9.17) is 8.83 Å². The molecule has 0 fully saturated rings. The van der Waals surface area contributed by atoms with E-state index in [9.17, 15) is 0 Å². The molecular weight excluding hydrogens is 732 g/mol. The molecule has 3 nitrogen and oxygen atoms in total. The summed E-state index contributed by atoms with van der Waals surface area (Å²) in [7, 11) is 0. The lowest BCUT2D eigenvalue weighted by Gasteiger charge is -2.41. The summed E-state index contributed by atoms with van der Waals surface area (Å²) in [4.78, 5) is 5.45. The number of nitrogens with zero attached hydrogens (tertiary/aromatic N) is 1. The van der Waals surface area contributed by atoms with Gasteiger partial charge in [0, 0.05) is 46.8 Å². The van der Waals surface area contributed by atoms with Crippen molar-refractivity contribution in [2.24, 2.45) is 0 Å². The second-order valence-corrected chi connectivity index (χ2v) is 21.0. The van der Waals surface area contributed by atoms with Crippen LogP contribution in [0.3, 0.4) is 0 Å². The van der Waals surface area contributed by atoms with E-state index >= 15 is 0 Å². The first-order valence-electron chi connectivity index (χ1n) is 20.1. The predicted molar refractivity (Wildman–Crippen MR) is 243 cm³/mol. The molecule has 14 rings (SSSR count). The average Bonchev–Trinajstić information content (AvgIpc) is 3.87. The van der Waals surface area contributed by atoms with E-state index in [1.807, 2.05) is 23.5 Å². The third kappa shape index (κ3) is 3.78. The minimum Gasteiger partial charge on any atom is -0.455 e. The van der Waals surface area contributed by atoms with Crippen molar-refractivity contribution in [1.82, 2.24) is 4.57 Å². The maximum absolute atomic E-state index is 7.05. The molecule has 0 saturated carbocycles. The van der Waals surface area contributed by atoms with Crippen molar-refractivity contribution in [2.45, 2.75) is 72.0 Å². The molecular formula is C50H35B2NO2S2. The van der Waals surface area contributed by atoms with E-state index in [-0.39, 0.29) is 24.3 Å². The fourth-order valence-electron chi connectivity index (χ4n) is 10.9. The van der Waals surface area contributed by atoms with Gasteiger partial charge < -0.3 is 13.4 Å². The Morgan fingerprint density at radius 1 is 0.474 bits per heavy atom. The van der Waals surface area contributed by atoms with Crippen molar-refractivity contribution in [3.05, 3.63) is 114 Å². The largest absolute Gasteiger partial charge is 0.455 e. The molecule has 0 amide bonds. The summed E-state index contributed by atoms with van der Waals surface area (Å²) in [6, 6.07) is 39.3. The molecule has 0 radical (unpaired) electrons. The fraction of sp³-hybridized carbons (Fsp3) is 0.160. The summed E-state index contributed by atoms with van der Waals surface area (Å²) in [6.45, 7) is 14.2. The SMILES string of the molecule is CC(C)(C)c1ccc2c(c1)B1c3c(cc4c5c3-n3c6c1cc1c7ccccc7oc1c6c1c6oc7ccccc7c6cc(c13)B5c1cc(C(C)(C)C)ccc1S4)S2. The Morgan fingerprint density at radius 2 is 0.930 bits per heavy atom. The number of para-hydroxylation sites is 2. The van der Waals surface area contributed by atoms with Gasteiger partial charge in [-0.1, -0.05) is 149 Å².